The monoisotopic (exact) mass is 461 g/mol. The summed E-state index contributed by atoms with van der Waals surface area (Å²) >= 11 is 11.9. The first-order valence-corrected chi connectivity index (χ1v) is 10.6. The normalized spacial score (nSPS) is 12.0. The van der Waals surface area contributed by atoms with E-state index in [9.17, 15) is 9.90 Å². The van der Waals surface area contributed by atoms with E-state index < -0.39 is 6.10 Å². The zero-order chi connectivity index (χ0) is 22.4. The SMILES string of the molecule is Cc1[nH]nc(CN(C)C(=O)c2ccc(CCNC[C@H](O)c3ccc(Cl)nc3)cc2)c1Cl. The molecule has 0 saturated heterocycles. The van der Waals surface area contributed by atoms with Crippen molar-refractivity contribution in [3.05, 3.63) is 80.8 Å². The molecule has 3 aromatic rings. The van der Waals surface area contributed by atoms with Crippen LogP contribution in [0.15, 0.2) is 42.6 Å². The van der Waals surface area contributed by atoms with Gasteiger partial charge in [-0.05, 0) is 43.7 Å². The van der Waals surface area contributed by atoms with Gasteiger partial charge in [-0.15, -0.1) is 0 Å². The van der Waals surface area contributed by atoms with Gasteiger partial charge in [-0.25, -0.2) is 4.98 Å². The van der Waals surface area contributed by atoms with E-state index in [-0.39, 0.29) is 5.91 Å². The number of hydrogen-bond acceptors (Lipinski definition) is 5. The highest BCUT2D eigenvalue weighted by Crippen LogP contribution is 2.19. The number of nitrogens with zero attached hydrogens (tertiary/aromatic N) is 3. The lowest BCUT2D eigenvalue weighted by Gasteiger charge is -2.16. The summed E-state index contributed by atoms with van der Waals surface area (Å²) in [4.78, 5) is 18.2. The Morgan fingerprint density at radius 2 is 1.97 bits per heavy atom. The highest BCUT2D eigenvalue weighted by Gasteiger charge is 2.16. The third kappa shape index (κ3) is 6.27. The molecule has 0 aliphatic rings. The Kier molecular flexibility index (Phi) is 8.03. The molecule has 0 aliphatic heterocycles. The van der Waals surface area contributed by atoms with Gasteiger partial charge in [0.25, 0.3) is 5.91 Å². The molecular formula is C22H25Cl2N5O2. The summed E-state index contributed by atoms with van der Waals surface area (Å²) in [5.74, 6) is -0.0962. The standard InChI is InChI=1S/C22H25Cl2N5O2/c1-14-21(24)18(28-27-14)13-29(2)22(31)16-5-3-15(4-6-16)9-10-25-12-19(30)17-7-8-20(23)26-11-17/h3-8,11,19,25,30H,9-10,12-13H2,1-2H3,(H,27,28)/t19-/m0/s1. The zero-order valence-electron chi connectivity index (χ0n) is 17.4. The third-order valence-corrected chi connectivity index (χ3v) is 5.66. The molecule has 164 valence electrons. The van der Waals surface area contributed by atoms with Crippen molar-refractivity contribution >= 4 is 29.1 Å². The van der Waals surface area contributed by atoms with E-state index in [1.807, 2.05) is 31.2 Å². The number of hydrogen-bond donors (Lipinski definition) is 3. The number of nitrogens with one attached hydrogen (secondary N) is 2. The molecular weight excluding hydrogens is 437 g/mol. The fourth-order valence-electron chi connectivity index (χ4n) is 3.08. The topological polar surface area (TPSA) is 94.1 Å². The van der Waals surface area contributed by atoms with Crippen molar-refractivity contribution in [2.75, 3.05) is 20.1 Å². The number of H-pyrrole nitrogens is 1. The Labute approximate surface area is 191 Å². The van der Waals surface area contributed by atoms with Gasteiger partial charge in [-0.2, -0.15) is 5.10 Å². The average Bonchev–Trinajstić information content (AvgIpc) is 3.09. The van der Waals surface area contributed by atoms with Gasteiger partial charge >= 0.3 is 0 Å². The van der Waals surface area contributed by atoms with Crippen molar-refractivity contribution < 1.29 is 9.90 Å². The van der Waals surface area contributed by atoms with E-state index in [1.54, 1.807) is 30.3 Å². The Morgan fingerprint density at radius 3 is 2.58 bits per heavy atom. The number of aromatic amines is 1. The van der Waals surface area contributed by atoms with Crippen LogP contribution < -0.4 is 5.32 Å². The van der Waals surface area contributed by atoms with Gasteiger partial charge in [0, 0.05) is 30.9 Å². The highest BCUT2D eigenvalue weighted by atomic mass is 35.5. The summed E-state index contributed by atoms with van der Waals surface area (Å²) in [6.07, 6.45) is 1.70. The van der Waals surface area contributed by atoms with Crippen LogP contribution in [0.4, 0.5) is 0 Å². The van der Waals surface area contributed by atoms with Crippen molar-refractivity contribution in [2.45, 2.75) is 26.0 Å². The van der Waals surface area contributed by atoms with Crippen molar-refractivity contribution in [1.29, 1.82) is 0 Å². The smallest absolute Gasteiger partial charge is 0.253 e. The van der Waals surface area contributed by atoms with Crippen LogP contribution in [0.3, 0.4) is 0 Å². The van der Waals surface area contributed by atoms with Crippen molar-refractivity contribution in [1.82, 2.24) is 25.4 Å². The van der Waals surface area contributed by atoms with E-state index >= 15 is 0 Å². The molecule has 1 atom stereocenters. The molecule has 0 fully saturated rings. The molecule has 1 aromatic carbocycles. The van der Waals surface area contributed by atoms with Gasteiger partial charge in [0.05, 0.1) is 23.4 Å². The number of carbonyl (C=O) groups is 1. The summed E-state index contributed by atoms with van der Waals surface area (Å²) in [5.41, 5.74) is 3.85. The molecule has 0 radical (unpaired) electrons. The van der Waals surface area contributed by atoms with Gasteiger partial charge in [0.1, 0.15) is 10.8 Å². The lowest BCUT2D eigenvalue weighted by molar-refractivity contribution is 0.0783. The number of aromatic nitrogens is 3. The molecule has 1 amide bonds. The maximum atomic E-state index is 12.7. The van der Waals surface area contributed by atoms with Crippen molar-refractivity contribution in [3.8, 4) is 0 Å². The fraction of sp³-hybridized carbons (Fsp3) is 0.318. The second-order valence-electron chi connectivity index (χ2n) is 7.35. The van der Waals surface area contributed by atoms with Crippen LogP contribution >= 0.6 is 23.2 Å². The van der Waals surface area contributed by atoms with Gasteiger partial charge in [0.15, 0.2) is 0 Å². The highest BCUT2D eigenvalue weighted by molar-refractivity contribution is 6.31. The van der Waals surface area contributed by atoms with Gasteiger partial charge in [-0.1, -0.05) is 41.4 Å². The molecule has 0 spiro atoms. The van der Waals surface area contributed by atoms with Gasteiger partial charge in [0.2, 0.25) is 0 Å². The molecule has 31 heavy (non-hydrogen) atoms. The van der Waals surface area contributed by atoms with Crippen LogP contribution in [0.2, 0.25) is 10.2 Å². The fourth-order valence-corrected chi connectivity index (χ4v) is 3.33. The van der Waals surface area contributed by atoms with Crippen molar-refractivity contribution in [3.63, 3.8) is 0 Å². The van der Waals surface area contributed by atoms with E-state index in [2.05, 4.69) is 20.5 Å². The molecule has 0 saturated carbocycles. The molecule has 0 bridgehead atoms. The summed E-state index contributed by atoms with van der Waals surface area (Å²) in [6.45, 7) is 3.28. The van der Waals surface area contributed by atoms with Crippen LogP contribution in [0.1, 0.15) is 39.0 Å². The van der Waals surface area contributed by atoms with Crippen molar-refractivity contribution in [2.24, 2.45) is 0 Å². The third-order valence-electron chi connectivity index (χ3n) is 4.94. The number of benzene rings is 1. The molecule has 2 heterocycles. The first kappa shape index (κ1) is 23.2. The van der Waals surface area contributed by atoms with Crippen LogP contribution in [0.25, 0.3) is 0 Å². The minimum absolute atomic E-state index is 0.0962. The molecule has 9 heteroatoms. The lowest BCUT2D eigenvalue weighted by Crippen LogP contribution is -2.26. The first-order valence-electron chi connectivity index (χ1n) is 9.89. The summed E-state index contributed by atoms with van der Waals surface area (Å²) in [7, 11) is 1.72. The quantitative estimate of drug-likeness (QED) is 0.334. The summed E-state index contributed by atoms with van der Waals surface area (Å²) in [5, 5.41) is 21.3. The second-order valence-corrected chi connectivity index (χ2v) is 8.12. The number of halogens is 2. The predicted molar refractivity (Wildman–Crippen MR) is 121 cm³/mol. The molecule has 2 aromatic heterocycles. The Bertz CT molecular complexity index is 1010. The largest absolute Gasteiger partial charge is 0.387 e. The van der Waals surface area contributed by atoms with Crippen LogP contribution in [-0.4, -0.2) is 51.2 Å². The number of aliphatic hydroxyl groups is 1. The van der Waals surface area contributed by atoms with E-state index in [0.717, 1.165) is 23.2 Å². The lowest BCUT2D eigenvalue weighted by atomic mass is 10.1. The maximum absolute atomic E-state index is 12.7. The van der Waals surface area contributed by atoms with Crippen LogP contribution in [0, 0.1) is 6.92 Å². The minimum atomic E-state index is -0.646. The average molecular weight is 462 g/mol. The summed E-state index contributed by atoms with van der Waals surface area (Å²) in [6, 6.07) is 10.9. The molecule has 3 N–H and O–H groups in total. The number of aliphatic hydroxyl groups excluding tert-OH is 1. The Balaban J connectivity index is 1.45. The number of aryl methyl sites for hydroxylation is 1. The number of pyridine rings is 1. The molecule has 0 unspecified atom stereocenters. The van der Waals surface area contributed by atoms with Crippen LogP contribution in [0.5, 0.6) is 0 Å². The second kappa shape index (κ2) is 10.7. The minimum Gasteiger partial charge on any atom is -0.387 e. The summed E-state index contributed by atoms with van der Waals surface area (Å²) < 4.78 is 0. The molecule has 7 nitrogen and oxygen atoms in total. The molecule has 0 aliphatic carbocycles. The Morgan fingerprint density at radius 1 is 1.23 bits per heavy atom. The van der Waals surface area contributed by atoms with Crippen LogP contribution in [-0.2, 0) is 13.0 Å². The molecule has 3 rings (SSSR count). The van der Waals surface area contributed by atoms with Gasteiger partial charge < -0.3 is 15.3 Å². The van der Waals surface area contributed by atoms with E-state index in [1.165, 1.54) is 0 Å². The first-order chi connectivity index (χ1) is 14.8. The predicted octanol–water partition coefficient (Wildman–Crippen LogP) is 3.56. The number of amides is 1. The number of rotatable bonds is 9. The maximum Gasteiger partial charge on any atom is 0.253 e. The zero-order valence-corrected chi connectivity index (χ0v) is 18.9. The van der Waals surface area contributed by atoms with E-state index in [0.29, 0.717) is 41.1 Å². The van der Waals surface area contributed by atoms with Gasteiger partial charge in [-0.3, -0.25) is 9.89 Å². The Hall–Kier alpha value is -2.45. The number of carbonyl (C=O) groups excluding carboxylic acids is 1. The van der Waals surface area contributed by atoms with E-state index in [4.69, 9.17) is 23.2 Å².